The molecule has 0 aliphatic rings. The minimum Gasteiger partial charge on any atom is -0.474 e. The van der Waals surface area contributed by atoms with Crippen LogP contribution in [0.2, 0.25) is 0 Å². The first-order chi connectivity index (χ1) is 13.9. The zero-order chi connectivity index (χ0) is 20.5. The third-order valence-corrected chi connectivity index (χ3v) is 4.10. The molecule has 2 N–H and O–H groups in total. The summed E-state index contributed by atoms with van der Waals surface area (Å²) in [7, 11) is 0. The Morgan fingerprint density at radius 3 is 2.59 bits per heavy atom. The number of ether oxygens (including phenoxy) is 1. The molecule has 0 unspecified atom stereocenters. The van der Waals surface area contributed by atoms with Crippen LogP contribution in [0.5, 0.6) is 5.88 Å². The Bertz CT molecular complexity index is 1140. The summed E-state index contributed by atoms with van der Waals surface area (Å²) in [6.45, 7) is 5.57. The van der Waals surface area contributed by atoms with E-state index in [0.29, 0.717) is 28.7 Å². The Hall–Kier alpha value is -3.63. The van der Waals surface area contributed by atoms with Crippen molar-refractivity contribution in [3.05, 3.63) is 48.3 Å². The van der Waals surface area contributed by atoms with E-state index in [1.54, 1.807) is 10.6 Å². The predicted molar refractivity (Wildman–Crippen MR) is 101 cm³/mol. The molecule has 0 bridgehead atoms. The van der Waals surface area contributed by atoms with Gasteiger partial charge in [-0.15, -0.1) is 5.10 Å². The lowest BCUT2D eigenvalue weighted by molar-refractivity contribution is 0.232. The zero-order valence-electron chi connectivity index (χ0n) is 15.9. The van der Waals surface area contributed by atoms with Crippen molar-refractivity contribution in [1.29, 1.82) is 0 Å². The highest BCUT2D eigenvalue weighted by Crippen LogP contribution is 2.25. The lowest BCUT2D eigenvalue weighted by Gasteiger charge is -2.13. The van der Waals surface area contributed by atoms with E-state index in [0.717, 1.165) is 12.4 Å². The van der Waals surface area contributed by atoms with Gasteiger partial charge in [0.05, 0.1) is 30.9 Å². The van der Waals surface area contributed by atoms with Gasteiger partial charge in [-0.05, 0) is 20.8 Å². The van der Waals surface area contributed by atoms with Crippen LogP contribution in [0, 0.1) is 11.6 Å². The number of halogens is 2. The maximum Gasteiger partial charge on any atom is 0.234 e. The van der Waals surface area contributed by atoms with Gasteiger partial charge in [-0.25, -0.2) is 28.7 Å². The number of nitrogens with one attached hydrogen (secondary N) is 2. The highest BCUT2D eigenvalue weighted by molar-refractivity contribution is 5.74. The van der Waals surface area contributed by atoms with Gasteiger partial charge in [0.25, 0.3) is 0 Å². The topological polar surface area (TPSA) is 106 Å². The third-order valence-electron chi connectivity index (χ3n) is 4.10. The summed E-state index contributed by atoms with van der Waals surface area (Å²) in [5, 5.41) is 9.58. The van der Waals surface area contributed by atoms with Crippen molar-refractivity contribution in [2.24, 2.45) is 0 Å². The van der Waals surface area contributed by atoms with Gasteiger partial charge in [-0.1, -0.05) is 0 Å². The molecule has 0 aliphatic carbocycles. The molecule has 0 amide bonds. The maximum absolute atomic E-state index is 14.5. The van der Waals surface area contributed by atoms with Crippen molar-refractivity contribution < 1.29 is 13.5 Å². The molecule has 0 fully saturated rings. The summed E-state index contributed by atoms with van der Waals surface area (Å²) in [6, 6.07) is 2.50. The van der Waals surface area contributed by atoms with Gasteiger partial charge >= 0.3 is 0 Å². The van der Waals surface area contributed by atoms with Crippen LogP contribution in [0.1, 0.15) is 32.6 Å². The number of imidazole rings is 1. The molecule has 1 atom stereocenters. The van der Waals surface area contributed by atoms with Gasteiger partial charge in [0.15, 0.2) is 28.9 Å². The average Bonchev–Trinajstić information content (AvgIpc) is 3.28. The van der Waals surface area contributed by atoms with Crippen LogP contribution in [-0.2, 0) is 0 Å². The number of anilines is 2. The van der Waals surface area contributed by atoms with E-state index in [1.165, 1.54) is 12.4 Å². The monoisotopic (exact) mass is 400 g/mol. The van der Waals surface area contributed by atoms with E-state index in [4.69, 9.17) is 4.74 Å². The lowest BCUT2D eigenvalue weighted by atomic mass is 10.3. The van der Waals surface area contributed by atoms with E-state index in [2.05, 4.69) is 35.5 Å². The van der Waals surface area contributed by atoms with Gasteiger partial charge in [0.1, 0.15) is 11.3 Å². The highest BCUT2D eigenvalue weighted by Gasteiger charge is 2.18. The largest absolute Gasteiger partial charge is 0.474 e. The Labute approximate surface area is 164 Å². The third kappa shape index (κ3) is 3.84. The fourth-order valence-corrected chi connectivity index (χ4v) is 2.76. The van der Waals surface area contributed by atoms with Gasteiger partial charge < -0.3 is 14.6 Å². The maximum atomic E-state index is 14.5. The summed E-state index contributed by atoms with van der Waals surface area (Å²) >= 11 is 0. The van der Waals surface area contributed by atoms with Crippen molar-refractivity contribution in [2.75, 3.05) is 5.32 Å². The van der Waals surface area contributed by atoms with Gasteiger partial charge in [-0.3, -0.25) is 5.10 Å². The van der Waals surface area contributed by atoms with Crippen molar-refractivity contribution >= 4 is 22.8 Å². The molecule has 9 nitrogen and oxygen atoms in total. The number of pyridine rings is 1. The minimum absolute atomic E-state index is 0.00813. The van der Waals surface area contributed by atoms with Crippen LogP contribution in [0.15, 0.2) is 30.9 Å². The molecule has 4 aromatic rings. The Balaban J connectivity index is 1.65. The molecule has 0 saturated heterocycles. The van der Waals surface area contributed by atoms with Crippen molar-refractivity contribution in [3.8, 4) is 5.88 Å². The molecule has 150 valence electrons. The molecular formula is C18H18F2N8O. The van der Waals surface area contributed by atoms with E-state index in [-0.39, 0.29) is 18.0 Å². The van der Waals surface area contributed by atoms with Gasteiger partial charge in [-0.2, -0.15) is 0 Å². The Morgan fingerprint density at radius 2 is 1.86 bits per heavy atom. The Morgan fingerprint density at radius 1 is 1.10 bits per heavy atom. The average molecular weight is 400 g/mol. The molecule has 0 spiro atoms. The first-order valence-electron chi connectivity index (χ1n) is 8.90. The van der Waals surface area contributed by atoms with Crippen LogP contribution in [0.3, 0.4) is 0 Å². The van der Waals surface area contributed by atoms with Crippen LogP contribution in [0.25, 0.3) is 11.2 Å². The molecule has 0 saturated carbocycles. The molecule has 0 aliphatic heterocycles. The molecular weight excluding hydrogens is 382 g/mol. The van der Waals surface area contributed by atoms with E-state index in [1.807, 2.05) is 20.8 Å². The second kappa shape index (κ2) is 7.41. The molecule has 11 heteroatoms. The van der Waals surface area contributed by atoms with Crippen LogP contribution >= 0.6 is 0 Å². The quantitative estimate of drug-likeness (QED) is 0.511. The smallest absolute Gasteiger partial charge is 0.234 e. The number of hydrogen-bond donors (Lipinski definition) is 2. The molecule has 4 rings (SSSR count). The SMILES string of the molecule is CC(C)Oc1cc(Nc2nc3c(cc2F)ncn3[C@@H](C)c2ncc(F)cn2)[nH]n1. The number of nitrogens with zero attached hydrogens (tertiary/aromatic N) is 6. The number of aromatic amines is 1. The standard InChI is InChI=1S/C18H18F2N8O/c1-9(2)29-15-5-14(26-27-15)24-17-12(20)4-13-18(25-17)28(8-23-13)10(3)16-21-6-11(19)7-22-16/h4-10H,1-3H3,(H2,24,25,26,27)/t10-/m0/s1. The second-order valence-electron chi connectivity index (χ2n) is 6.66. The van der Waals surface area contributed by atoms with Crippen LogP contribution < -0.4 is 10.1 Å². The van der Waals surface area contributed by atoms with Crippen molar-refractivity contribution in [1.82, 2.24) is 34.7 Å². The fourth-order valence-electron chi connectivity index (χ4n) is 2.76. The highest BCUT2D eigenvalue weighted by atomic mass is 19.1. The van der Waals surface area contributed by atoms with Gasteiger partial charge in [0, 0.05) is 12.1 Å². The van der Waals surface area contributed by atoms with Crippen LogP contribution in [0.4, 0.5) is 20.4 Å². The molecule has 0 aromatic carbocycles. The summed E-state index contributed by atoms with van der Waals surface area (Å²) in [6.07, 6.45) is 3.66. The van der Waals surface area contributed by atoms with Crippen molar-refractivity contribution in [2.45, 2.75) is 32.9 Å². The van der Waals surface area contributed by atoms with Gasteiger partial charge in [0.2, 0.25) is 5.88 Å². The Kier molecular flexibility index (Phi) is 4.79. The number of rotatable bonds is 6. The van der Waals surface area contributed by atoms with E-state index in [9.17, 15) is 8.78 Å². The molecule has 4 aromatic heterocycles. The minimum atomic E-state index is -0.575. The van der Waals surface area contributed by atoms with Crippen molar-refractivity contribution in [3.63, 3.8) is 0 Å². The molecule has 0 radical (unpaired) electrons. The fraction of sp³-hybridized carbons (Fsp3) is 0.278. The number of fused-ring (bicyclic) bond motifs is 1. The molecule has 29 heavy (non-hydrogen) atoms. The predicted octanol–water partition coefficient (Wildman–Crippen LogP) is 3.36. The number of H-pyrrole nitrogens is 1. The normalized spacial score (nSPS) is 12.5. The second-order valence-corrected chi connectivity index (χ2v) is 6.66. The summed E-state index contributed by atoms with van der Waals surface area (Å²) in [4.78, 5) is 16.5. The molecule has 4 heterocycles. The van der Waals surface area contributed by atoms with E-state index >= 15 is 0 Å². The number of aromatic nitrogens is 7. The zero-order valence-corrected chi connectivity index (χ0v) is 15.9. The van der Waals surface area contributed by atoms with Crippen LogP contribution in [-0.4, -0.2) is 40.8 Å². The summed E-state index contributed by atoms with van der Waals surface area (Å²) < 4.78 is 34.8. The summed E-state index contributed by atoms with van der Waals surface area (Å²) in [5.41, 5.74) is 0.794. The number of hydrogen-bond acceptors (Lipinski definition) is 7. The first-order valence-corrected chi connectivity index (χ1v) is 8.90. The lowest BCUT2D eigenvalue weighted by Crippen LogP contribution is -2.11. The van der Waals surface area contributed by atoms with E-state index < -0.39 is 11.6 Å². The first kappa shape index (κ1) is 18.7. The summed E-state index contributed by atoms with van der Waals surface area (Å²) in [5.74, 6) is 0.0861.